The van der Waals surface area contributed by atoms with E-state index in [1.165, 1.54) is 5.56 Å². The fourth-order valence-corrected chi connectivity index (χ4v) is 2.86. The first-order valence-corrected chi connectivity index (χ1v) is 6.94. The third-order valence-corrected chi connectivity index (χ3v) is 3.89. The van der Waals surface area contributed by atoms with E-state index in [9.17, 15) is 0 Å². The molecular weight excluding hydrogens is 242 g/mol. The van der Waals surface area contributed by atoms with Crippen LogP contribution < -0.4 is 5.73 Å². The van der Waals surface area contributed by atoms with E-state index in [1.807, 2.05) is 6.07 Å². The number of nitrogens with two attached hydrogens (primary N) is 1. The van der Waals surface area contributed by atoms with E-state index in [0.29, 0.717) is 0 Å². The van der Waals surface area contributed by atoms with Crippen LogP contribution in [0, 0.1) is 6.92 Å². The molecule has 1 atom stereocenters. The SMILES string of the molecule is Cc1cccc2cc(C(N)Cc3ccsc3)oc12. The minimum atomic E-state index is -0.0774. The van der Waals surface area contributed by atoms with Gasteiger partial charge in [-0.1, -0.05) is 18.2 Å². The minimum absolute atomic E-state index is 0.0774. The lowest BCUT2D eigenvalue weighted by Gasteiger charge is -2.06. The molecule has 2 nitrogen and oxygen atoms in total. The summed E-state index contributed by atoms with van der Waals surface area (Å²) in [4.78, 5) is 0. The first-order chi connectivity index (χ1) is 8.74. The first kappa shape index (κ1) is 11.5. The Kier molecular flexibility index (Phi) is 2.94. The van der Waals surface area contributed by atoms with Crippen LogP contribution in [-0.4, -0.2) is 0 Å². The van der Waals surface area contributed by atoms with Crippen molar-refractivity contribution in [1.29, 1.82) is 0 Å². The molecule has 3 heteroatoms. The molecule has 0 amide bonds. The number of para-hydroxylation sites is 1. The zero-order valence-corrected chi connectivity index (χ0v) is 11.0. The molecule has 0 fully saturated rings. The highest BCUT2D eigenvalue weighted by atomic mass is 32.1. The Morgan fingerprint density at radius 2 is 2.22 bits per heavy atom. The summed E-state index contributed by atoms with van der Waals surface area (Å²) in [6, 6.07) is 10.2. The molecule has 92 valence electrons. The van der Waals surface area contributed by atoms with Crippen molar-refractivity contribution in [2.24, 2.45) is 5.73 Å². The van der Waals surface area contributed by atoms with Crippen LogP contribution in [0.3, 0.4) is 0 Å². The van der Waals surface area contributed by atoms with Gasteiger partial charge in [-0.2, -0.15) is 11.3 Å². The lowest BCUT2D eigenvalue weighted by atomic mass is 10.1. The second-order valence-corrected chi connectivity index (χ2v) is 5.36. The predicted molar refractivity (Wildman–Crippen MR) is 75.9 cm³/mol. The molecule has 2 N–H and O–H groups in total. The average molecular weight is 257 g/mol. The number of hydrogen-bond donors (Lipinski definition) is 1. The van der Waals surface area contributed by atoms with Crippen LogP contribution >= 0.6 is 11.3 Å². The second kappa shape index (κ2) is 4.59. The quantitative estimate of drug-likeness (QED) is 0.769. The van der Waals surface area contributed by atoms with Gasteiger partial charge in [0, 0.05) is 5.39 Å². The smallest absolute Gasteiger partial charge is 0.137 e. The molecule has 2 heterocycles. The highest BCUT2D eigenvalue weighted by Gasteiger charge is 2.13. The minimum Gasteiger partial charge on any atom is -0.459 e. The number of hydrogen-bond acceptors (Lipinski definition) is 3. The van der Waals surface area contributed by atoms with Crippen molar-refractivity contribution in [1.82, 2.24) is 0 Å². The van der Waals surface area contributed by atoms with E-state index in [-0.39, 0.29) is 6.04 Å². The van der Waals surface area contributed by atoms with Crippen LogP contribution in [0.4, 0.5) is 0 Å². The molecule has 0 aliphatic carbocycles. The summed E-state index contributed by atoms with van der Waals surface area (Å²) in [7, 11) is 0. The van der Waals surface area contributed by atoms with Gasteiger partial charge < -0.3 is 10.2 Å². The van der Waals surface area contributed by atoms with E-state index in [0.717, 1.165) is 28.7 Å². The van der Waals surface area contributed by atoms with E-state index >= 15 is 0 Å². The van der Waals surface area contributed by atoms with Crippen molar-refractivity contribution < 1.29 is 4.42 Å². The summed E-state index contributed by atoms with van der Waals surface area (Å²) in [5, 5.41) is 5.34. The highest BCUT2D eigenvalue weighted by Crippen LogP contribution is 2.27. The number of rotatable bonds is 3. The van der Waals surface area contributed by atoms with Crippen LogP contribution in [0.15, 0.2) is 45.5 Å². The third kappa shape index (κ3) is 2.07. The molecule has 3 aromatic rings. The number of fused-ring (bicyclic) bond motifs is 1. The van der Waals surface area contributed by atoms with Gasteiger partial charge >= 0.3 is 0 Å². The Balaban J connectivity index is 1.92. The van der Waals surface area contributed by atoms with Crippen LogP contribution in [0.2, 0.25) is 0 Å². The number of thiophene rings is 1. The van der Waals surface area contributed by atoms with Gasteiger partial charge in [0.05, 0.1) is 6.04 Å². The number of aryl methyl sites for hydroxylation is 1. The van der Waals surface area contributed by atoms with E-state index in [1.54, 1.807) is 11.3 Å². The number of furan rings is 1. The maximum absolute atomic E-state index is 6.21. The third-order valence-electron chi connectivity index (χ3n) is 3.16. The molecule has 2 aromatic heterocycles. The van der Waals surface area contributed by atoms with Crippen molar-refractivity contribution in [2.45, 2.75) is 19.4 Å². The Hall–Kier alpha value is -1.58. The van der Waals surface area contributed by atoms with Gasteiger partial charge in [-0.05, 0) is 47.4 Å². The number of benzene rings is 1. The van der Waals surface area contributed by atoms with Crippen LogP contribution in [-0.2, 0) is 6.42 Å². The first-order valence-electron chi connectivity index (χ1n) is 6.00. The van der Waals surface area contributed by atoms with Crippen molar-refractivity contribution >= 4 is 22.3 Å². The van der Waals surface area contributed by atoms with Gasteiger partial charge in [-0.3, -0.25) is 0 Å². The Labute approximate surface area is 110 Å². The standard InChI is InChI=1S/C15H15NOS/c1-10-3-2-4-12-8-14(17-15(10)12)13(16)7-11-5-6-18-9-11/h2-6,8-9,13H,7,16H2,1H3. The van der Waals surface area contributed by atoms with Gasteiger partial charge in [0.2, 0.25) is 0 Å². The molecule has 18 heavy (non-hydrogen) atoms. The van der Waals surface area contributed by atoms with E-state index < -0.39 is 0 Å². The zero-order valence-electron chi connectivity index (χ0n) is 10.2. The molecule has 0 spiro atoms. The van der Waals surface area contributed by atoms with Crippen LogP contribution in [0.1, 0.15) is 22.9 Å². The summed E-state index contributed by atoms with van der Waals surface area (Å²) in [5.74, 6) is 0.866. The van der Waals surface area contributed by atoms with Gasteiger partial charge in [0.25, 0.3) is 0 Å². The zero-order chi connectivity index (χ0) is 12.5. The maximum Gasteiger partial charge on any atom is 0.137 e. The van der Waals surface area contributed by atoms with Crippen molar-refractivity contribution in [3.63, 3.8) is 0 Å². The fourth-order valence-electron chi connectivity index (χ4n) is 2.17. The summed E-state index contributed by atoms with van der Waals surface area (Å²) in [6.45, 7) is 2.06. The Bertz CT molecular complexity index is 654. The molecule has 0 saturated heterocycles. The van der Waals surface area contributed by atoms with Crippen LogP contribution in [0.25, 0.3) is 11.0 Å². The predicted octanol–water partition coefficient (Wildman–Crippen LogP) is 4.05. The van der Waals surface area contributed by atoms with Gasteiger partial charge in [0.15, 0.2) is 0 Å². The summed E-state index contributed by atoms with van der Waals surface area (Å²) >= 11 is 1.70. The molecule has 1 aromatic carbocycles. The molecular formula is C15H15NOS. The van der Waals surface area contributed by atoms with E-state index in [2.05, 4.69) is 41.9 Å². The highest BCUT2D eigenvalue weighted by molar-refractivity contribution is 7.07. The van der Waals surface area contributed by atoms with Crippen molar-refractivity contribution in [3.05, 3.63) is 58.0 Å². The van der Waals surface area contributed by atoms with Gasteiger partial charge in [-0.25, -0.2) is 0 Å². The summed E-state index contributed by atoms with van der Waals surface area (Å²) in [6.07, 6.45) is 0.822. The largest absolute Gasteiger partial charge is 0.459 e. The lowest BCUT2D eigenvalue weighted by molar-refractivity contribution is 0.493. The maximum atomic E-state index is 6.21. The van der Waals surface area contributed by atoms with E-state index in [4.69, 9.17) is 10.2 Å². The average Bonchev–Trinajstić information content (AvgIpc) is 2.97. The van der Waals surface area contributed by atoms with Gasteiger partial charge in [-0.15, -0.1) is 0 Å². The topological polar surface area (TPSA) is 39.2 Å². The van der Waals surface area contributed by atoms with Crippen LogP contribution in [0.5, 0.6) is 0 Å². The molecule has 3 rings (SSSR count). The second-order valence-electron chi connectivity index (χ2n) is 4.58. The van der Waals surface area contributed by atoms with Crippen molar-refractivity contribution in [3.8, 4) is 0 Å². The van der Waals surface area contributed by atoms with Crippen molar-refractivity contribution in [2.75, 3.05) is 0 Å². The lowest BCUT2D eigenvalue weighted by Crippen LogP contribution is -2.11. The molecule has 0 aliphatic rings. The monoisotopic (exact) mass is 257 g/mol. The molecule has 0 radical (unpaired) electrons. The summed E-state index contributed by atoms with van der Waals surface area (Å²) < 4.78 is 5.89. The Morgan fingerprint density at radius 1 is 1.33 bits per heavy atom. The molecule has 0 bridgehead atoms. The Morgan fingerprint density at radius 3 is 2.94 bits per heavy atom. The van der Waals surface area contributed by atoms with Gasteiger partial charge in [0.1, 0.15) is 11.3 Å². The normalized spacial score (nSPS) is 13.0. The molecule has 0 aliphatic heterocycles. The fraction of sp³-hybridized carbons (Fsp3) is 0.200. The molecule has 0 saturated carbocycles. The molecule has 1 unspecified atom stereocenters. The summed E-state index contributed by atoms with van der Waals surface area (Å²) in [5.41, 5.74) is 9.59.